The molecule has 0 saturated heterocycles. The third-order valence-corrected chi connectivity index (χ3v) is 6.29. The third kappa shape index (κ3) is 5.72. The Morgan fingerprint density at radius 1 is 0.946 bits per heavy atom. The number of nitrogens with zero attached hydrogens (tertiary/aromatic N) is 1. The number of nitrogens with one attached hydrogen (secondary N) is 2. The van der Waals surface area contributed by atoms with Crippen molar-refractivity contribution in [2.45, 2.75) is 24.9 Å². The van der Waals surface area contributed by atoms with E-state index in [9.17, 15) is 29.7 Å². The van der Waals surface area contributed by atoms with Gasteiger partial charge in [-0.25, -0.2) is 4.79 Å². The highest BCUT2D eigenvalue weighted by atomic mass is 16.4. The van der Waals surface area contributed by atoms with E-state index in [1.54, 1.807) is 30.5 Å². The molecule has 0 aliphatic carbocycles. The van der Waals surface area contributed by atoms with Crippen LogP contribution in [0.15, 0.2) is 79.0 Å². The molecule has 37 heavy (non-hydrogen) atoms. The fourth-order valence-electron chi connectivity index (χ4n) is 4.26. The number of aromatic nitrogens is 1. The molecule has 2 atom stereocenters. The summed E-state index contributed by atoms with van der Waals surface area (Å²) in [5.74, 6) is -3.14. The number of para-hydroxylation sites is 1. The fourth-order valence-corrected chi connectivity index (χ4v) is 4.26. The summed E-state index contributed by atoms with van der Waals surface area (Å²) in [6.07, 6.45) is 1.86. The third-order valence-electron chi connectivity index (χ3n) is 6.29. The zero-order chi connectivity index (χ0) is 26.5. The second-order valence-electron chi connectivity index (χ2n) is 8.79. The van der Waals surface area contributed by atoms with Gasteiger partial charge in [-0.3, -0.25) is 9.59 Å². The summed E-state index contributed by atoms with van der Waals surface area (Å²) in [4.78, 5) is 43.1. The number of carboxylic acid groups (broad SMARTS) is 1. The van der Waals surface area contributed by atoms with Crippen molar-refractivity contribution in [1.29, 1.82) is 0 Å². The molecule has 0 saturated carbocycles. The highest BCUT2D eigenvalue weighted by Gasteiger charge is 2.32. The number of fused-ring (bicyclic) bond motifs is 1. The van der Waals surface area contributed by atoms with Crippen LogP contribution in [0.4, 0.5) is 0 Å². The number of rotatable bonds is 9. The summed E-state index contributed by atoms with van der Waals surface area (Å²) >= 11 is 0. The number of amides is 2. The van der Waals surface area contributed by atoms with Crippen LogP contribution in [0.2, 0.25) is 0 Å². The molecule has 0 bridgehead atoms. The summed E-state index contributed by atoms with van der Waals surface area (Å²) in [5, 5.41) is 33.3. The summed E-state index contributed by atoms with van der Waals surface area (Å²) in [7, 11) is 1.40. The second kappa shape index (κ2) is 10.9. The maximum Gasteiger partial charge on any atom is 0.326 e. The number of aromatic amines is 1. The molecular weight excluding hydrogens is 474 g/mol. The van der Waals surface area contributed by atoms with E-state index in [0.717, 1.165) is 33.0 Å². The van der Waals surface area contributed by atoms with Crippen LogP contribution in [0, 0.1) is 0 Å². The monoisotopic (exact) mass is 501 g/mol. The van der Waals surface area contributed by atoms with Crippen molar-refractivity contribution in [3.05, 3.63) is 95.7 Å². The van der Waals surface area contributed by atoms with Crippen LogP contribution >= 0.6 is 0 Å². The Balaban J connectivity index is 1.61. The lowest BCUT2D eigenvalue weighted by Crippen LogP contribution is -2.53. The molecule has 3 aromatic carbocycles. The lowest BCUT2D eigenvalue weighted by atomic mass is 10.0. The standard InChI is InChI=1S/C28H27N3O6/c1-31(27(35)21-15-19(32)11-12-25(21)33)24(13-17-7-3-2-4-8-17)26(34)30-23(28(36)37)14-18-16-29-22-10-6-5-9-20(18)22/h2-12,15-16,23-24,29,32-33H,13-14H2,1H3,(H,30,34)(H,36,37)/t23-,24+/m0/s1. The molecule has 0 spiro atoms. The smallest absolute Gasteiger partial charge is 0.326 e. The predicted molar refractivity (Wildman–Crippen MR) is 137 cm³/mol. The summed E-state index contributed by atoms with van der Waals surface area (Å²) < 4.78 is 0. The Bertz CT molecular complexity index is 1430. The van der Waals surface area contributed by atoms with Crippen molar-refractivity contribution in [2.24, 2.45) is 0 Å². The quantitative estimate of drug-likeness (QED) is 0.223. The maximum absolute atomic E-state index is 13.5. The van der Waals surface area contributed by atoms with E-state index in [2.05, 4.69) is 10.3 Å². The molecule has 9 nitrogen and oxygen atoms in total. The number of aliphatic carboxylic acids is 1. The van der Waals surface area contributed by atoms with Gasteiger partial charge in [0.15, 0.2) is 0 Å². The molecule has 4 aromatic rings. The topological polar surface area (TPSA) is 143 Å². The van der Waals surface area contributed by atoms with E-state index >= 15 is 0 Å². The SMILES string of the molecule is CN(C(=O)c1cc(O)ccc1O)[C@H](Cc1ccccc1)C(=O)N[C@@H](Cc1c[nH]c2ccccc12)C(=O)O. The molecule has 0 fully saturated rings. The number of phenolic OH excluding ortho intramolecular Hbond substituents is 2. The second-order valence-corrected chi connectivity index (χ2v) is 8.79. The number of carbonyl (C=O) groups is 3. The minimum Gasteiger partial charge on any atom is -0.508 e. The van der Waals surface area contributed by atoms with Gasteiger partial charge in [0.25, 0.3) is 5.91 Å². The molecule has 1 heterocycles. The van der Waals surface area contributed by atoms with Crippen LogP contribution < -0.4 is 5.32 Å². The van der Waals surface area contributed by atoms with Crippen molar-refractivity contribution in [3.8, 4) is 11.5 Å². The highest BCUT2D eigenvalue weighted by molar-refractivity contribution is 6.00. The van der Waals surface area contributed by atoms with Gasteiger partial charge in [-0.1, -0.05) is 48.5 Å². The van der Waals surface area contributed by atoms with Crippen molar-refractivity contribution < 1.29 is 29.7 Å². The lowest BCUT2D eigenvalue weighted by molar-refractivity contribution is -0.142. The molecule has 0 aliphatic rings. The largest absolute Gasteiger partial charge is 0.508 e. The molecule has 0 aliphatic heterocycles. The number of hydrogen-bond donors (Lipinski definition) is 5. The summed E-state index contributed by atoms with van der Waals surface area (Å²) in [6.45, 7) is 0. The maximum atomic E-state index is 13.5. The van der Waals surface area contributed by atoms with Crippen molar-refractivity contribution in [3.63, 3.8) is 0 Å². The molecule has 0 radical (unpaired) electrons. The molecule has 2 amide bonds. The molecular formula is C28H27N3O6. The van der Waals surface area contributed by atoms with E-state index in [-0.39, 0.29) is 29.9 Å². The van der Waals surface area contributed by atoms with Gasteiger partial charge in [0.1, 0.15) is 23.6 Å². The summed E-state index contributed by atoms with van der Waals surface area (Å²) in [5.41, 5.74) is 2.16. The molecule has 190 valence electrons. The van der Waals surface area contributed by atoms with Crippen molar-refractivity contribution in [2.75, 3.05) is 7.05 Å². The molecule has 4 rings (SSSR count). The van der Waals surface area contributed by atoms with Gasteiger partial charge in [-0.05, 0) is 35.4 Å². The van der Waals surface area contributed by atoms with E-state index < -0.39 is 29.9 Å². The number of carbonyl (C=O) groups excluding carboxylic acids is 2. The van der Waals surface area contributed by atoms with Gasteiger partial charge in [0.2, 0.25) is 5.91 Å². The van der Waals surface area contributed by atoms with Crippen LogP contribution in [-0.4, -0.2) is 62.1 Å². The van der Waals surface area contributed by atoms with Crippen LogP contribution in [0.3, 0.4) is 0 Å². The summed E-state index contributed by atoms with van der Waals surface area (Å²) in [6, 6.07) is 17.7. The van der Waals surface area contributed by atoms with Crippen molar-refractivity contribution >= 4 is 28.7 Å². The van der Waals surface area contributed by atoms with Gasteiger partial charge < -0.3 is 30.5 Å². The Morgan fingerprint density at radius 2 is 1.65 bits per heavy atom. The number of carboxylic acids is 1. The Labute approximate surface area is 213 Å². The number of likely N-dealkylation sites (N-methyl/N-ethyl adjacent to an activating group) is 1. The first-order chi connectivity index (χ1) is 17.7. The first-order valence-corrected chi connectivity index (χ1v) is 11.7. The number of phenols is 2. The average molecular weight is 502 g/mol. The molecule has 0 unspecified atom stereocenters. The predicted octanol–water partition coefficient (Wildman–Crippen LogP) is 3.07. The van der Waals surface area contributed by atoms with Crippen LogP contribution in [0.1, 0.15) is 21.5 Å². The average Bonchev–Trinajstić information content (AvgIpc) is 3.30. The van der Waals surface area contributed by atoms with Gasteiger partial charge in [0.05, 0.1) is 5.56 Å². The fraction of sp³-hybridized carbons (Fsp3) is 0.179. The van der Waals surface area contributed by atoms with Crippen molar-refractivity contribution in [1.82, 2.24) is 15.2 Å². The van der Waals surface area contributed by atoms with Gasteiger partial charge >= 0.3 is 5.97 Å². The Hall–Kier alpha value is -4.79. The van der Waals surface area contributed by atoms with E-state index in [4.69, 9.17) is 0 Å². The number of H-pyrrole nitrogens is 1. The number of aromatic hydroxyl groups is 2. The zero-order valence-electron chi connectivity index (χ0n) is 20.1. The first-order valence-electron chi connectivity index (χ1n) is 11.7. The normalized spacial score (nSPS) is 12.6. The molecule has 9 heteroatoms. The van der Waals surface area contributed by atoms with E-state index in [1.807, 2.05) is 30.3 Å². The van der Waals surface area contributed by atoms with Crippen LogP contribution in [0.5, 0.6) is 11.5 Å². The number of benzene rings is 3. The van der Waals surface area contributed by atoms with E-state index in [1.165, 1.54) is 19.2 Å². The van der Waals surface area contributed by atoms with Crippen LogP contribution in [-0.2, 0) is 22.4 Å². The van der Waals surface area contributed by atoms with Gasteiger partial charge in [-0.15, -0.1) is 0 Å². The molecule has 1 aromatic heterocycles. The van der Waals surface area contributed by atoms with Crippen LogP contribution in [0.25, 0.3) is 10.9 Å². The number of hydrogen-bond acceptors (Lipinski definition) is 5. The Kier molecular flexibility index (Phi) is 7.43. The molecule has 5 N–H and O–H groups in total. The minimum atomic E-state index is -1.25. The lowest BCUT2D eigenvalue weighted by Gasteiger charge is -2.29. The van der Waals surface area contributed by atoms with E-state index in [0.29, 0.717) is 0 Å². The van der Waals surface area contributed by atoms with Gasteiger partial charge in [0, 0.05) is 37.0 Å². The highest BCUT2D eigenvalue weighted by Crippen LogP contribution is 2.25. The minimum absolute atomic E-state index is 0.0359. The first kappa shape index (κ1) is 25.3. The van der Waals surface area contributed by atoms with Gasteiger partial charge in [-0.2, -0.15) is 0 Å². The zero-order valence-corrected chi connectivity index (χ0v) is 20.1. The Morgan fingerprint density at radius 3 is 2.38 bits per heavy atom.